The second kappa shape index (κ2) is 8.88. The van der Waals surface area contributed by atoms with Crippen LogP contribution in [-0.2, 0) is 4.79 Å². The largest absolute Gasteiger partial charge is 0.397 e. The number of hydrazine groups is 1. The average molecular weight is 434 g/mol. The predicted octanol–water partition coefficient (Wildman–Crippen LogP) is 4.65. The summed E-state index contributed by atoms with van der Waals surface area (Å²) in [6.07, 6.45) is 13.9. The Morgan fingerprint density at radius 1 is 0.939 bits per heavy atom. The quantitative estimate of drug-likeness (QED) is 0.481. The highest BCUT2D eigenvalue weighted by Crippen LogP contribution is 2.32. The Balaban J connectivity index is 1.37. The zero-order valence-electron chi connectivity index (χ0n) is 17.9. The molecule has 0 unspecified atom stereocenters. The number of fused-ring (bicyclic) bond motifs is 1. The highest BCUT2D eigenvalue weighted by atomic mass is 16.1. The van der Waals surface area contributed by atoms with Crippen LogP contribution in [0.2, 0.25) is 0 Å². The van der Waals surface area contributed by atoms with Crippen LogP contribution in [0.1, 0.15) is 17.5 Å². The van der Waals surface area contributed by atoms with Gasteiger partial charge in [0.15, 0.2) is 0 Å². The number of aromatic nitrogens is 1. The van der Waals surface area contributed by atoms with Crippen LogP contribution in [0.15, 0.2) is 103 Å². The van der Waals surface area contributed by atoms with Gasteiger partial charge in [-0.2, -0.15) is 0 Å². The van der Waals surface area contributed by atoms with E-state index in [1.807, 2.05) is 60.7 Å². The van der Waals surface area contributed by atoms with Crippen molar-refractivity contribution in [1.29, 1.82) is 0 Å². The summed E-state index contributed by atoms with van der Waals surface area (Å²) in [7, 11) is 0. The molecule has 2 aliphatic rings. The molecule has 5 rings (SSSR count). The van der Waals surface area contributed by atoms with E-state index in [0.717, 1.165) is 45.6 Å². The zero-order valence-corrected chi connectivity index (χ0v) is 17.9. The number of carbonyl (C=O) groups excluding carboxylic acids is 1. The van der Waals surface area contributed by atoms with E-state index in [0.29, 0.717) is 11.3 Å². The van der Waals surface area contributed by atoms with Gasteiger partial charge < -0.3 is 21.9 Å². The second-order valence-corrected chi connectivity index (χ2v) is 7.80. The van der Waals surface area contributed by atoms with Crippen molar-refractivity contribution in [1.82, 2.24) is 15.7 Å². The average Bonchev–Trinajstić information content (AvgIpc) is 3.09. The maximum atomic E-state index is 13.2. The van der Waals surface area contributed by atoms with E-state index in [-0.39, 0.29) is 5.91 Å². The minimum Gasteiger partial charge on any atom is -0.397 e. The van der Waals surface area contributed by atoms with Gasteiger partial charge in [-0.1, -0.05) is 54.6 Å². The SMILES string of the molecule is Nc1cncc(-c2ccc3c(c2)C(C(=O)NC2=CCC=C(c4ccccc4)C=C2)=CNN3)c1. The first-order valence-electron chi connectivity index (χ1n) is 10.7. The topological polar surface area (TPSA) is 92.1 Å². The summed E-state index contributed by atoms with van der Waals surface area (Å²) < 4.78 is 0. The van der Waals surface area contributed by atoms with E-state index < -0.39 is 0 Å². The van der Waals surface area contributed by atoms with Gasteiger partial charge in [0, 0.05) is 35.4 Å². The Labute approximate surface area is 192 Å². The molecule has 1 aromatic heterocycles. The van der Waals surface area contributed by atoms with E-state index in [2.05, 4.69) is 39.4 Å². The normalized spacial score (nSPS) is 14.5. The Hall–Kier alpha value is -4.58. The molecule has 0 radical (unpaired) electrons. The first-order chi connectivity index (χ1) is 16.2. The van der Waals surface area contributed by atoms with Crippen molar-refractivity contribution in [3.05, 3.63) is 114 Å². The van der Waals surface area contributed by atoms with Gasteiger partial charge in [0.1, 0.15) is 0 Å². The molecule has 0 saturated heterocycles. The molecule has 0 spiro atoms. The maximum Gasteiger partial charge on any atom is 0.257 e. The molecule has 0 saturated carbocycles. The lowest BCUT2D eigenvalue weighted by Gasteiger charge is -2.21. The molecule has 0 atom stereocenters. The molecular formula is C27H23N5O. The van der Waals surface area contributed by atoms with Crippen molar-refractivity contribution in [2.75, 3.05) is 11.2 Å². The van der Waals surface area contributed by atoms with Crippen molar-refractivity contribution < 1.29 is 4.79 Å². The molecule has 1 amide bonds. The van der Waals surface area contributed by atoms with Crippen LogP contribution in [0.5, 0.6) is 0 Å². The van der Waals surface area contributed by atoms with Crippen molar-refractivity contribution in [3.63, 3.8) is 0 Å². The van der Waals surface area contributed by atoms with Gasteiger partial charge in [0.25, 0.3) is 5.91 Å². The summed E-state index contributed by atoms with van der Waals surface area (Å²) in [5.74, 6) is -0.188. The van der Waals surface area contributed by atoms with Gasteiger partial charge >= 0.3 is 0 Å². The van der Waals surface area contributed by atoms with Gasteiger partial charge in [-0.25, -0.2) is 0 Å². The van der Waals surface area contributed by atoms with E-state index in [1.165, 1.54) is 0 Å². The van der Waals surface area contributed by atoms with Crippen LogP contribution in [0, 0.1) is 0 Å². The molecule has 0 bridgehead atoms. The van der Waals surface area contributed by atoms with Gasteiger partial charge in [-0.15, -0.1) is 0 Å². The van der Waals surface area contributed by atoms with Gasteiger partial charge in [0.2, 0.25) is 0 Å². The molecule has 2 heterocycles. The number of hydrogen-bond acceptors (Lipinski definition) is 5. The molecule has 33 heavy (non-hydrogen) atoms. The number of nitrogens with two attached hydrogens (primary N) is 1. The van der Waals surface area contributed by atoms with E-state index in [4.69, 9.17) is 5.73 Å². The minimum atomic E-state index is -0.188. The molecule has 1 aliphatic heterocycles. The second-order valence-electron chi connectivity index (χ2n) is 7.80. The number of anilines is 2. The predicted molar refractivity (Wildman–Crippen MR) is 133 cm³/mol. The minimum absolute atomic E-state index is 0.188. The number of rotatable bonds is 4. The summed E-state index contributed by atoms with van der Waals surface area (Å²) in [6.45, 7) is 0. The number of amides is 1. The van der Waals surface area contributed by atoms with Crippen LogP contribution in [0.3, 0.4) is 0 Å². The Kier molecular flexibility index (Phi) is 5.47. The Morgan fingerprint density at radius 2 is 1.82 bits per heavy atom. The van der Waals surface area contributed by atoms with Gasteiger partial charge in [0.05, 0.1) is 16.9 Å². The molecule has 2 aromatic carbocycles. The number of pyridine rings is 1. The number of benzene rings is 2. The first kappa shape index (κ1) is 20.3. The van der Waals surface area contributed by atoms with Crippen LogP contribution in [-0.4, -0.2) is 10.9 Å². The third-order valence-electron chi connectivity index (χ3n) is 5.55. The highest BCUT2D eigenvalue weighted by molar-refractivity contribution is 6.22. The first-order valence-corrected chi connectivity index (χ1v) is 10.7. The molecule has 6 heteroatoms. The third-order valence-corrected chi connectivity index (χ3v) is 5.55. The van der Waals surface area contributed by atoms with Crippen molar-refractivity contribution >= 4 is 28.4 Å². The highest BCUT2D eigenvalue weighted by Gasteiger charge is 2.20. The molecule has 0 fully saturated rings. The fraction of sp³-hybridized carbons (Fsp3) is 0.0370. The van der Waals surface area contributed by atoms with Gasteiger partial charge in [-0.05, 0) is 47.4 Å². The van der Waals surface area contributed by atoms with Crippen molar-refractivity contribution in [2.45, 2.75) is 6.42 Å². The van der Waals surface area contributed by atoms with E-state index in [9.17, 15) is 4.79 Å². The van der Waals surface area contributed by atoms with Crippen LogP contribution >= 0.6 is 0 Å². The number of carbonyl (C=O) groups is 1. The number of nitrogen functional groups attached to an aromatic ring is 1. The Bertz CT molecular complexity index is 1340. The molecule has 5 N–H and O–H groups in total. The number of allylic oxidation sites excluding steroid dienone is 5. The number of nitrogens with zero attached hydrogens (tertiary/aromatic N) is 1. The van der Waals surface area contributed by atoms with Crippen LogP contribution in [0.25, 0.3) is 22.3 Å². The molecule has 162 valence electrons. The number of hydrogen-bond donors (Lipinski definition) is 4. The molecular weight excluding hydrogens is 410 g/mol. The zero-order chi connectivity index (χ0) is 22.6. The van der Waals surface area contributed by atoms with E-state index >= 15 is 0 Å². The monoisotopic (exact) mass is 433 g/mol. The molecule has 6 nitrogen and oxygen atoms in total. The lowest BCUT2D eigenvalue weighted by Crippen LogP contribution is -2.29. The maximum absolute atomic E-state index is 13.2. The molecule has 1 aliphatic carbocycles. The summed E-state index contributed by atoms with van der Waals surface area (Å²) in [4.78, 5) is 17.4. The third kappa shape index (κ3) is 4.41. The fourth-order valence-electron chi connectivity index (χ4n) is 3.89. The summed E-state index contributed by atoms with van der Waals surface area (Å²) in [5.41, 5.74) is 19.6. The lowest BCUT2D eigenvalue weighted by molar-refractivity contribution is -0.114. The Morgan fingerprint density at radius 3 is 2.67 bits per heavy atom. The molecule has 3 aromatic rings. The van der Waals surface area contributed by atoms with Crippen LogP contribution < -0.4 is 21.9 Å². The van der Waals surface area contributed by atoms with Crippen LogP contribution in [0.4, 0.5) is 11.4 Å². The van der Waals surface area contributed by atoms with Crippen molar-refractivity contribution in [2.24, 2.45) is 0 Å². The summed E-state index contributed by atoms with van der Waals surface area (Å²) in [5, 5.41) is 3.04. The van der Waals surface area contributed by atoms with Crippen molar-refractivity contribution in [3.8, 4) is 11.1 Å². The van der Waals surface area contributed by atoms with Gasteiger partial charge in [-0.3, -0.25) is 9.78 Å². The van der Waals surface area contributed by atoms with E-state index in [1.54, 1.807) is 18.6 Å². The summed E-state index contributed by atoms with van der Waals surface area (Å²) in [6, 6.07) is 17.9. The lowest BCUT2D eigenvalue weighted by atomic mass is 9.97. The smallest absolute Gasteiger partial charge is 0.257 e. The fourth-order valence-corrected chi connectivity index (χ4v) is 3.89. The summed E-state index contributed by atoms with van der Waals surface area (Å²) >= 11 is 0. The standard InChI is InChI=1S/C27H23N5O/c28-22-13-21(15-29-16-22)20-10-12-26-24(14-20)25(17-30-32-26)27(33)31-23-8-4-7-19(9-11-23)18-5-2-1-3-6-18/h1-3,5-17,30,32H,4,28H2,(H,31,33). The number of nitrogens with one attached hydrogen (secondary N) is 3.